The molecular weight excluding hydrogens is 339 g/mol. The molecule has 0 bridgehead atoms. The number of aryl methyl sites for hydroxylation is 1. The predicted octanol–water partition coefficient (Wildman–Crippen LogP) is 2.82. The average Bonchev–Trinajstić information content (AvgIpc) is 3.08. The summed E-state index contributed by atoms with van der Waals surface area (Å²) in [7, 11) is 1.53. The topological polar surface area (TPSA) is 49.7 Å². The van der Waals surface area contributed by atoms with Gasteiger partial charge < -0.3 is 18.8 Å². The normalized spacial score (nSPS) is 15.5. The van der Waals surface area contributed by atoms with Crippen LogP contribution >= 0.6 is 0 Å². The van der Waals surface area contributed by atoms with Crippen LogP contribution in [0.5, 0.6) is 5.75 Å². The maximum Gasteiger partial charge on any atom is 0.416 e. The lowest BCUT2D eigenvalue weighted by molar-refractivity contribution is -0.137. The van der Waals surface area contributed by atoms with Crippen LogP contribution in [0.1, 0.15) is 5.56 Å². The Morgan fingerprint density at radius 2 is 1.88 bits per heavy atom. The number of nitrogens with zero attached hydrogens (tertiary/aromatic N) is 1. The minimum absolute atomic E-state index is 0.00593. The van der Waals surface area contributed by atoms with Crippen LogP contribution in [0, 0.1) is 0 Å². The number of alkyl halides is 3. The van der Waals surface area contributed by atoms with E-state index in [1.54, 1.807) is 0 Å². The highest BCUT2D eigenvalue weighted by Crippen LogP contribution is 2.35. The van der Waals surface area contributed by atoms with Crippen molar-refractivity contribution in [3.63, 3.8) is 0 Å². The summed E-state index contributed by atoms with van der Waals surface area (Å²) in [5.74, 6) is 0.0535. The Morgan fingerprint density at radius 1 is 1.16 bits per heavy atom. The zero-order valence-corrected chi connectivity index (χ0v) is 13.4. The van der Waals surface area contributed by atoms with Gasteiger partial charge in [-0.3, -0.25) is 4.79 Å². The molecule has 0 spiro atoms. The third kappa shape index (κ3) is 4.21. The van der Waals surface area contributed by atoms with E-state index in [9.17, 15) is 18.0 Å². The van der Waals surface area contributed by atoms with Crippen LogP contribution < -0.4 is 10.3 Å². The minimum atomic E-state index is -4.52. The van der Waals surface area contributed by atoms with Gasteiger partial charge in [-0.05, 0) is 35.4 Å². The van der Waals surface area contributed by atoms with Crippen molar-refractivity contribution in [2.24, 2.45) is 7.05 Å². The minimum Gasteiger partial charge on any atom is -0.488 e. The van der Waals surface area contributed by atoms with Crippen molar-refractivity contribution in [2.75, 3.05) is 19.8 Å². The fourth-order valence-electron chi connectivity index (χ4n) is 2.45. The van der Waals surface area contributed by atoms with Crippen LogP contribution in [0.3, 0.4) is 0 Å². The van der Waals surface area contributed by atoms with Gasteiger partial charge in [-0.2, -0.15) is 13.2 Å². The number of ether oxygens (including phenoxy) is 3. The van der Waals surface area contributed by atoms with Crippen molar-refractivity contribution >= 4 is 0 Å². The number of aromatic nitrogens is 1. The summed E-state index contributed by atoms with van der Waals surface area (Å²) in [5, 5.41) is 0. The maximum atomic E-state index is 13.2. The third-order valence-electron chi connectivity index (χ3n) is 3.73. The summed E-state index contributed by atoms with van der Waals surface area (Å²) >= 11 is 0. The van der Waals surface area contributed by atoms with Crippen LogP contribution in [-0.4, -0.2) is 30.7 Å². The highest BCUT2D eigenvalue weighted by atomic mass is 19.4. The summed E-state index contributed by atoms with van der Waals surface area (Å²) in [5.41, 5.74) is -0.301. The lowest BCUT2D eigenvalue weighted by Crippen LogP contribution is -2.18. The zero-order valence-electron chi connectivity index (χ0n) is 13.4. The molecule has 8 heteroatoms. The second-order valence-corrected chi connectivity index (χ2v) is 5.59. The summed E-state index contributed by atoms with van der Waals surface area (Å²) < 4.78 is 56.7. The van der Waals surface area contributed by atoms with Gasteiger partial charge in [0.05, 0.1) is 18.8 Å². The van der Waals surface area contributed by atoms with Gasteiger partial charge in [-0.15, -0.1) is 0 Å². The number of pyridine rings is 1. The van der Waals surface area contributed by atoms with Gasteiger partial charge in [0.2, 0.25) is 5.56 Å². The second kappa shape index (κ2) is 6.89. The largest absolute Gasteiger partial charge is 0.488 e. The standard InChI is InChI=1S/C17H16F3NO4/c1-21-9-11(2-3-15(21)22)12-6-13(17(18,19)20)8-14(7-12)25-10-16-23-4-5-24-16/h2-3,6-9,16H,4-5,10H2,1H3. The molecule has 0 amide bonds. The van der Waals surface area contributed by atoms with Crippen molar-refractivity contribution in [3.8, 4) is 16.9 Å². The second-order valence-electron chi connectivity index (χ2n) is 5.59. The quantitative estimate of drug-likeness (QED) is 0.846. The smallest absolute Gasteiger partial charge is 0.416 e. The Morgan fingerprint density at radius 3 is 2.52 bits per heavy atom. The van der Waals surface area contributed by atoms with E-state index in [1.165, 1.54) is 36.0 Å². The van der Waals surface area contributed by atoms with Gasteiger partial charge >= 0.3 is 6.18 Å². The van der Waals surface area contributed by atoms with Gasteiger partial charge in [0, 0.05) is 19.3 Å². The van der Waals surface area contributed by atoms with Crippen LogP contribution in [-0.2, 0) is 22.7 Å². The first-order valence-corrected chi connectivity index (χ1v) is 7.58. The van der Waals surface area contributed by atoms with Crippen LogP contribution in [0.15, 0.2) is 41.3 Å². The van der Waals surface area contributed by atoms with E-state index in [0.717, 1.165) is 12.1 Å². The van der Waals surface area contributed by atoms with Crippen LogP contribution in [0.4, 0.5) is 13.2 Å². The Balaban J connectivity index is 1.94. The Hall–Kier alpha value is -2.32. The molecule has 1 aliphatic heterocycles. The number of hydrogen-bond acceptors (Lipinski definition) is 4. The molecule has 3 rings (SSSR count). The van der Waals surface area contributed by atoms with Gasteiger partial charge in [0.1, 0.15) is 12.4 Å². The molecule has 0 unspecified atom stereocenters. The average molecular weight is 355 g/mol. The number of rotatable bonds is 4. The Kier molecular flexibility index (Phi) is 4.82. The van der Waals surface area contributed by atoms with Gasteiger partial charge in [0.25, 0.3) is 0 Å². The highest BCUT2D eigenvalue weighted by Gasteiger charge is 2.31. The molecule has 0 radical (unpaired) electrons. The van der Waals surface area contributed by atoms with E-state index >= 15 is 0 Å². The van der Waals surface area contributed by atoms with E-state index in [0.29, 0.717) is 24.3 Å². The first-order valence-electron chi connectivity index (χ1n) is 7.58. The van der Waals surface area contributed by atoms with Gasteiger partial charge in [0.15, 0.2) is 6.29 Å². The molecule has 5 nitrogen and oxygen atoms in total. The van der Waals surface area contributed by atoms with Crippen LogP contribution in [0.2, 0.25) is 0 Å². The van der Waals surface area contributed by atoms with E-state index < -0.39 is 18.0 Å². The van der Waals surface area contributed by atoms with E-state index in [4.69, 9.17) is 14.2 Å². The molecule has 0 saturated carbocycles. The van der Waals surface area contributed by atoms with Crippen molar-refractivity contribution in [2.45, 2.75) is 12.5 Å². The molecular formula is C17H16F3NO4. The van der Waals surface area contributed by atoms with Crippen molar-refractivity contribution in [1.82, 2.24) is 4.57 Å². The SMILES string of the molecule is Cn1cc(-c2cc(OCC3OCCO3)cc(C(F)(F)F)c2)ccc1=O. The molecule has 1 fully saturated rings. The molecule has 1 saturated heterocycles. The lowest BCUT2D eigenvalue weighted by Gasteiger charge is -2.15. The Labute approximate surface area is 141 Å². The zero-order chi connectivity index (χ0) is 18.0. The van der Waals surface area contributed by atoms with Gasteiger partial charge in [-0.1, -0.05) is 0 Å². The van der Waals surface area contributed by atoms with E-state index in [-0.39, 0.29) is 17.9 Å². The highest BCUT2D eigenvalue weighted by molar-refractivity contribution is 5.65. The number of halogens is 3. The number of hydrogen-bond donors (Lipinski definition) is 0. The summed E-state index contributed by atoms with van der Waals surface area (Å²) in [6.45, 7) is 0.855. The van der Waals surface area contributed by atoms with E-state index in [2.05, 4.69) is 0 Å². The molecule has 25 heavy (non-hydrogen) atoms. The lowest BCUT2D eigenvalue weighted by atomic mass is 10.0. The molecule has 2 aromatic rings. The molecule has 1 aromatic carbocycles. The molecule has 0 atom stereocenters. The molecule has 134 valence electrons. The first-order chi connectivity index (χ1) is 11.8. The Bertz CT molecular complexity index is 810. The predicted molar refractivity (Wildman–Crippen MR) is 83.3 cm³/mol. The monoisotopic (exact) mass is 355 g/mol. The maximum absolute atomic E-state index is 13.2. The number of benzene rings is 1. The summed E-state index contributed by atoms with van der Waals surface area (Å²) in [6.07, 6.45) is -3.63. The summed E-state index contributed by atoms with van der Waals surface area (Å²) in [6, 6.07) is 6.22. The molecule has 0 aliphatic carbocycles. The van der Waals surface area contributed by atoms with Gasteiger partial charge in [-0.25, -0.2) is 0 Å². The van der Waals surface area contributed by atoms with Crippen molar-refractivity contribution in [3.05, 3.63) is 52.4 Å². The third-order valence-corrected chi connectivity index (χ3v) is 3.73. The first kappa shape index (κ1) is 17.5. The van der Waals surface area contributed by atoms with E-state index in [1.807, 2.05) is 0 Å². The van der Waals surface area contributed by atoms with Crippen molar-refractivity contribution < 1.29 is 27.4 Å². The molecule has 1 aromatic heterocycles. The molecule has 0 N–H and O–H groups in total. The van der Waals surface area contributed by atoms with Crippen molar-refractivity contribution in [1.29, 1.82) is 0 Å². The fraction of sp³-hybridized carbons (Fsp3) is 0.353. The molecule has 1 aliphatic rings. The molecule has 2 heterocycles. The summed E-state index contributed by atoms with van der Waals surface area (Å²) in [4.78, 5) is 11.5. The fourth-order valence-corrected chi connectivity index (χ4v) is 2.45. The van der Waals surface area contributed by atoms with Crippen LogP contribution in [0.25, 0.3) is 11.1 Å².